The highest BCUT2D eigenvalue weighted by Crippen LogP contribution is 2.26. The average Bonchev–Trinajstić information content (AvgIpc) is 2.41. The Hall–Kier alpha value is -1.62. The molecule has 5 heteroatoms. The van der Waals surface area contributed by atoms with Gasteiger partial charge in [-0.25, -0.2) is 0 Å². The van der Waals surface area contributed by atoms with Gasteiger partial charge in [0, 0.05) is 29.8 Å². The molecular formula is C13H20N2O3. The molecule has 18 heavy (non-hydrogen) atoms. The van der Waals surface area contributed by atoms with Crippen molar-refractivity contribution >= 4 is 11.4 Å². The Morgan fingerprint density at radius 1 is 1.39 bits per heavy atom. The van der Waals surface area contributed by atoms with E-state index in [0.717, 1.165) is 12.8 Å². The Kier molecular flexibility index (Phi) is 5.09. The number of aliphatic hydroxyl groups is 1. The molecule has 1 aromatic carbocycles. The summed E-state index contributed by atoms with van der Waals surface area (Å²) in [6.07, 6.45) is 1.73. The van der Waals surface area contributed by atoms with Gasteiger partial charge in [-0.1, -0.05) is 19.9 Å². The largest absolute Gasteiger partial charge is 0.396 e. The van der Waals surface area contributed by atoms with Crippen LogP contribution in [-0.2, 0) is 0 Å². The molecule has 5 nitrogen and oxygen atoms in total. The van der Waals surface area contributed by atoms with E-state index in [2.05, 4.69) is 5.32 Å². The quantitative estimate of drug-likeness (QED) is 0.578. The third-order valence-electron chi connectivity index (χ3n) is 3.56. The van der Waals surface area contributed by atoms with Crippen LogP contribution in [0.15, 0.2) is 24.3 Å². The number of benzene rings is 1. The van der Waals surface area contributed by atoms with Gasteiger partial charge in [-0.15, -0.1) is 0 Å². The number of hydrogen-bond donors (Lipinski definition) is 2. The smallest absolute Gasteiger partial charge is 0.271 e. The molecule has 0 spiro atoms. The van der Waals surface area contributed by atoms with Crippen molar-refractivity contribution in [1.82, 2.24) is 0 Å². The predicted molar refractivity (Wildman–Crippen MR) is 71.7 cm³/mol. The minimum absolute atomic E-state index is 0.0718. The maximum Gasteiger partial charge on any atom is 0.271 e. The molecule has 0 unspecified atom stereocenters. The Morgan fingerprint density at radius 2 is 2.06 bits per heavy atom. The number of aliphatic hydroxyl groups excluding tert-OH is 1. The number of rotatable bonds is 7. The number of nitro benzene ring substituents is 1. The van der Waals surface area contributed by atoms with Crippen LogP contribution in [0.3, 0.4) is 0 Å². The zero-order chi connectivity index (χ0) is 13.6. The standard InChI is InChI=1S/C13H20N2O3/c1-3-13(4-2,10-16)9-14-11-6-5-7-12(8-11)15(17)18/h5-8,14,16H,3-4,9-10H2,1-2H3. The van der Waals surface area contributed by atoms with Crippen molar-refractivity contribution in [2.75, 3.05) is 18.5 Å². The summed E-state index contributed by atoms with van der Waals surface area (Å²) in [4.78, 5) is 10.2. The molecule has 0 bridgehead atoms. The van der Waals surface area contributed by atoms with Gasteiger partial charge in [-0.3, -0.25) is 10.1 Å². The van der Waals surface area contributed by atoms with Gasteiger partial charge in [-0.05, 0) is 18.9 Å². The molecule has 0 saturated carbocycles. The van der Waals surface area contributed by atoms with Gasteiger partial charge < -0.3 is 10.4 Å². The van der Waals surface area contributed by atoms with E-state index in [-0.39, 0.29) is 17.7 Å². The predicted octanol–water partition coefficient (Wildman–Crippen LogP) is 2.81. The fraction of sp³-hybridized carbons (Fsp3) is 0.538. The van der Waals surface area contributed by atoms with E-state index in [4.69, 9.17) is 0 Å². The molecule has 100 valence electrons. The van der Waals surface area contributed by atoms with Crippen LogP contribution in [0.1, 0.15) is 26.7 Å². The fourth-order valence-corrected chi connectivity index (χ4v) is 1.80. The first-order valence-corrected chi connectivity index (χ1v) is 6.16. The van der Waals surface area contributed by atoms with Crippen LogP contribution in [0.4, 0.5) is 11.4 Å². The van der Waals surface area contributed by atoms with Crippen molar-refractivity contribution in [3.05, 3.63) is 34.4 Å². The van der Waals surface area contributed by atoms with Crippen LogP contribution in [0, 0.1) is 15.5 Å². The number of nitrogens with zero attached hydrogens (tertiary/aromatic N) is 1. The first kappa shape index (κ1) is 14.4. The summed E-state index contributed by atoms with van der Waals surface area (Å²) in [6.45, 7) is 4.79. The van der Waals surface area contributed by atoms with E-state index >= 15 is 0 Å². The molecule has 0 aliphatic rings. The molecule has 0 aliphatic carbocycles. The maximum atomic E-state index is 10.7. The van der Waals surface area contributed by atoms with E-state index in [1.54, 1.807) is 12.1 Å². The number of non-ortho nitro benzene ring substituents is 1. The van der Waals surface area contributed by atoms with Gasteiger partial charge in [0.15, 0.2) is 0 Å². The summed E-state index contributed by atoms with van der Waals surface area (Å²) >= 11 is 0. The summed E-state index contributed by atoms with van der Waals surface area (Å²) < 4.78 is 0. The molecule has 2 N–H and O–H groups in total. The van der Waals surface area contributed by atoms with Crippen LogP contribution in [-0.4, -0.2) is 23.2 Å². The molecule has 0 saturated heterocycles. The average molecular weight is 252 g/mol. The molecule has 0 aliphatic heterocycles. The summed E-state index contributed by atoms with van der Waals surface area (Å²) in [5, 5.41) is 23.3. The normalized spacial score (nSPS) is 11.3. The van der Waals surface area contributed by atoms with Crippen LogP contribution >= 0.6 is 0 Å². The maximum absolute atomic E-state index is 10.7. The summed E-state index contributed by atoms with van der Waals surface area (Å²) in [5.74, 6) is 0. The van der Waals surface area contributed by atoms with Gasteiger partial charge >= 0.3 is 0 Å². The van der Waals surface area contributed by atoms with Gasteiger partial charge in [0.2, 0.25) is 0 Å². The minimum Gasteiger partial charge on any atom is -0.396 e. The Morgan fingerprint density at radius 3 is 2.56 bits per heavy atom. The lowest BCUT2D eigenvalue weighted by Gasteiger charge is -2.29. The van der Waals surface area contributed by atoms with Crippen molar-refractivity contribution in [3.63, 3.8) is 0 Å². The molecule has 0 aromatic heterocycles. The molecule has 0 radical (unpaired) electrons. The lowest BCUT2D eigenvalue weighted by molar-refractivity contribution is -0.384. The number of anilines is 1. The first-order valence-electron chi connectivity index (χ1n) is 6.16. The highest BCUT2D eigenvalue weighted by molar-refractivity contribution is 5.51. The topological polar surface area (TPSA) is 75.4 Å². The lowest BCUT2D eigenvalue weighted by Crippen LogP contribution is -2.32. The first-order chi connectivity index (χ1) is 8.56. The Labute approximate surface area is 107 Å². The Bertz CT molecular complexity index is 395. The number of hydrogen-bond acceptors (Lipinski definition) is 4. The van der Waals surface area contributed by atoms with E-state index in [1.165, 1.54) is 12.1 Å². The van der Waals surface area contributed by atoms with Gasteiger partial charge in [0.25, 0.3) is 5.69 Å². The molecule has 1 rings (SSSR count). The van der Waals surface area contributed by atoms with Crippen molar-refractivity contribution in [3.8, 4) is 0 Å². The fourth-order valence-electron chi connectivity index (χ4n) is 1.80. The molecule has 1 aromatic rings. The van der Waals surface area contributed by atoms with Crippen molar-refractivity contribution in [1.29, 1.82) is 0 Å². The molecule has 0 atom stereocenters. The molecule has 0 heterocycles. The number of nitrogens with one attached hydrogen (secondary N) is 1. The third kappa shape index (κ3) is 3.43. The van der Waals surface area contributed by atoms with Crippen LogP contribution in [0.5, 0.6) is 0 Å². The van der Waals surface area contributed by atoms with Gasteiger partial charge in [-0.2, -0.15) is 0 Å². The lowest BCUT2D eigenvalue weighted by atomic mass is 9.83. The zero-order valence-corrected chi connectivity index (χ0v) is 10.8. The monoisotopic (exact) mass is 252 g/mol. The van der Waals surface area contributed by atoms with Crippen molar-refractivity contribution in [2.45, 2.75) is 26.7 Å². The number of nitro groups is 1. The van der Waals surface area contributed by atoms with Crippen molar-refractivity contribution in [2.24, 2.45) is 5.41 Å². The SMILES string of the molecule is CCC(CC)(CO)CNc1cccc([N+](=O)[O-])c1. The summed E-state index contributed by atoms with van der Waals surface area (Å²) in [6, 6.07) is 6.41. The summed E-state index contributed by atoms with van der Waals surface area (Å²) in [7, 11) is 0. The van der Waals surface area contributed by atoms with Gasteiger partial charge in [0.05, 0.1) is 11.5 Å². The van der Waals surface area contributed by atoms with E-state index in [9.17, 15) is 15.2 Å². The highest BCUT2D eigenvalue weighted by atomic mass is 16.6. The summed E-state index contributed by atoms with van der Waals surface area (Å²) in [5.41, 5.74) is 0.622. The van der Waals surface area contributed by atoms with E-state index < -0.39 is 4.92 Å². The Balaban J connectivity index is 2.73. The van der Waals surface area contributed by atoms with Crippen LogP contribution < -0.4 is 5.32 Å². The third-order valence-corrected chi connectivity index (χ3v) is 3.56. The second-order valence-electron chi connectivity index (χ2n) is 4.53. The molecular weight excluding hydrogens is 232 g/mol. The second-order valence-corrected chi connectivity index (χ2v) is 4.53. The van der Waals surface area contributed by atoms with Crippen molar-refractivity contribution < 1.29 is 10.0 Å². The van der Waals surface area contributed by atoms with E-state index in [0.29, 0.717) is 12.2 Å². The van der Waals surface area contributed by atoms with Crippen LogP contribution in [0.25, 0.3) is 0 Å². The van der Waals surface area contributed by atoms with Gasteiger partial charge in [0.1, 0.15) is 0 Å². The van der Waals surface area contributed by atoms with E-state index in [1.807, 2.05) is 13.8 Å². The highest BCUT2D eigenvalue weighted by Gasteiger charge is 2.24. The second kappa shape index (κ2) is 6.35. The molecule has 0 fully saturated rings. The van der Waals surface area contributed by atoms with Crippen LogP contribution in [0.2, 0.25) is 0 Å². The zero-order valence-electron chi connectivity index (χ0n) is 10.8. The minimum atomic E-state index is -0.413. The molecule has 0 amide bonds.